The number of hydrazone groups is 1. The minimum Gasteiger partial charge on any atom is -0.463 e. The zero-order valence-electron chi connectivity index (χ0n) is 16.8. The Hall–Kier alpha value is -3.50. The number of β-lactam (4-membered cyclic amide) rings is 1. The van der Waals surface area contributed by atoms with Crippen LogP contribution in [0.4, 0.5) is 4.79 Å². The maximum atomic E-state index is 12.6. The van der Waals surface area contributed by atoms with Crippen LogP contribution >= 0.6 is 0 Å². The molecule has 2 fully saturated rings. The first-order valence-electron chi connectivity index (χ1n) is 9.10. The van der Waals surface area contributed by atoms with Gasteiger partial charge in [-0.2, -0.15) is 13.5 Å². The van der Waals surface area contributed by atoms with Crippen molar-refractivity contribution >= 4 is 40.3 Å². The van der Waals surface area contributed by atoms with Gasteiger partial charge >= 0.3 is 16.3 Å². The van der Waals surface area contributed by atoms with E-state index in [0.717, 1.165) is 12.1 Å². The van der Waals surface area contributed by atoms with Crippen LogP contribution in [0.5, 0.6) is 0 Å². The highest BCUT2D eigenvalue weighted by atomic mass is 32.2. The van der Waals surface area contributed by atoms with Crippen LogP contribution in [0.25, 0.3) is 0 Å². The fraction of sp³-hybridized carbons (Fsp3) is 0.438. The van der Waals surface area contributed by atoms with Gasteiger partial charge in [0.15, 0.2) is 6.04 Å². The first-order valence-corrected chi connectivity index (χ1v) is 10.5. The van der Waals surface area contributed by atoms with Gasteiger partial charge in [-0.3, -0.25) is 18.9 Å². The van der Waals surface area contributed by atoms with Crippen LogP contribution in [-0.2, 0) is 29.4 Å². The zero-order valence-corrected chi connectivity index (χ0v) is 17.7. The Balaban J connectivity index is 1.61. The van der Waals surface area contributed by atoms with Crippen molar-refractivity contribution in [2.24, 2.45) is 5.10 Å². The number of ether oxygens (including phenoxy) is 1. The monoisotopic (exact) mass is 472 g/mol. The Labute approximate surface area is 181 Å². The number of urea groups is 1. The summed E-state index contributed by atoms with van der Waals surface area (Å²) in [6, 6.07) is 0.309. The molecule has 0 saturated carbocycles. The molecule has 2 saturated heterocycles. The van der Waals surface area contributed by atoms with Crippen molar-refractivity contribution < 1.29 is 41.3 Å². The summed E-state index contributed by atoms with van der Waals surface area (Å²) in [6.45, 7) is 0.586. The predicted octanol–water partition coefficient (Wildman–Crippen LogP) is -2.38. The summed E-state index contributed by atoms with van der Waals surface area (Å²) in [5, 5.41) is 11.9. The molecule has 3 rings (SSSR count). The number of rotatable bonds is 8. The van der Waals surface area contributed by atoms with Gasteiger partial charge in [0.2, 0.25) is 17.5 Å². The molecule has 2 aliphatic rings. The van der Waals surface area contributed by atoms with Crippen molar-refractivity contribution in [2.75, 3.05) is 20.2 Å². The van der Waals surface area contributed by atoms with Gasteiger partial charge in [-0.05, 0) is 19.1 Å². The van der Waals surface area contributed by atoms with Gasteiger partial charge in [-0.1, -0.05) is 0 Å². The molecule has 5 amide bonds. The first-order chi connectivity index (χ1) is 15.0. The third kappa shape index (κ3) is 4.41. The number of methoxy groups -OCH3 is 1. The number of carbonyl (C=O) groups is 4. The van der Waals surface area contributed by atoms with Crippen LogP contribution in [-0.4, -0.2) is 90.3 Å². The Morgan fingerprint density at radius 2 is 2.19 bits per heavy atom. The van der Waals surface area contributed by atoms with E-state index in [-0.39, 0.29) is 10.8 Å². The highest BCUT2D eigenvalue weighted by molar-refractivity contribution is 7.84. The SMILES string of the molecule is CO[C@@]1(NC(=O)C(C)NC(=O)C2CNC(=O)N2N=Cc2ccco2)CN(S(=O)(=O)O)C1=O. The van der Waals surface area contributed by atoms with Crippen molar-refractivity contribution in [3.05, 3.63) is 24.2 Å². The number of furan rings is 1. The van der Waals surface area contributed by atoms with Crippen molar-refractivity contribution in [1.29, 1.82) is 0 Å². The molecule has 0 spiro atoms. The number of hydrogen-bond donors (Lipinski definition) is 4. The van der Waals surface area contributed by atoms with E-state index in [9.17, 15) is 27.6 Å². The Kier molecular flexibility index (Phi) is 6.20. The van der Waals surface area contributed by atoms with Gasteiger partial charge in [0.25, 0.3) is 5.91 Å². The molecular weight excluding hydrogens is 452 g/mol. The highest BCUT2D eigenvalue weighted by Crippen LogP contribution is 2.26. The van der Waals surface area contributed by atoms with Gasteiger partial charge < -0.3 is 25.1 Å². The quantitative estimate of drug-likeness (QED) is 0.138. The molecule has 2 unspecified atom stereocenters. The summed E-state index contributed by atoms with van der Waals surface area (Å²) in [5.74, 6) is -2.43. The molecule has 3 atom stereocenters. The molecule has 4 N–H and O–H groups in total. The summed E-state index contributed by atoms with van der Waals surface area (Å²) in [6.07, 6.45) is 2.65. The van der Waals surface area contributed by atoms with Crippen LogP contribution in [0.15, 0.2) is 27.9 Å². The second-order valence-electron chi connectivity index (χ2n) is 6.85. The predicted molar refractivity (Wildman–Crippen MR) is 104 cm³/mol. The number of amides is 5. The topological polar surface area (TPSA) is 200 Å². The van der Waals surface area contributed by atoms with E-state index in [1.165, 1.54) is 19.4 Å². The molecule has 0 radical (unpaired) electrons. The maximum absolute atomic E-state index is 12.6. The summed E-state index contributed by atoms with van der Waals surface area (Å²) < 4.78 is 41.3. The lowest BCUT2D eigenvalue weighted by atomic mass is 10.1. The van der Waals surface area contributed by atoms with Crippen molar-refractivity contribution in [3.63, 3.8) is 0 Å². The first kappa shape index (κ1) is 23.2. The van der Waals surface area contributed by atoms with Crippen molar-refractivity contribution in [3.8, 4) is 0 Å². The van der Waals surface area contributed by atoms with Crippen LogP contribution in [0.2, 0.25) is 0 Å². The fourth-order valence-corrected chi connectivity index (χ4v) is 3.63. The molecule has 0 bridgehead atoms. The molecule has 1 aromatic rings. The van der Waals surface area contributed by atoms with E-state index in [1.807, 2.05) is 0 Å². The lowest BCUT2D eigenvalue weighted by molar-refractivity contribution is -0.180. The average molecular weight is 472 g/mol. The lowest BCUT2D eigenvalue weighted by Crippen LogP contribution is -2.77. The second-order valence-corrected chi connectivity index (χ2v) is 8.18. The molecule has 1 aromatic heterocycles. The second kappa shape index (κ2) is 8.56. The summed E-state index contributed by atoms with van der Waals surface area (Å²) in [5.41, 5.74) is -2.00. The Morgan fingerprint density at radius 3 is 2.75 bits per heavy atom. The van der Waals surface area contributed by atoms with Crippen LogP contribution in [0.3, 0.4) is 0 Å². The van der Waals surface area contributed by atoms with Gasteiger partial charge in [-0.25, -0.2) is 14.1 Å². The molecule has 3 heterocycles. The third-order valence-electron chi connectivity index (χ3n) is 4.75. The molecule has 16 heteroatoms. The maximum Gasteiger partial charge on any atom is 0.362 e. The smallest absolute Gasteiger partial charge is 0.362 e. The number of hydrogen-bond acceptors (Lipinski definition) is 9. The van der Waals surface area contributed by atoms with Gasteiger partial charge in [-0.15, -0.1) is 0 Å². The van der Waals surface area contributed by atoms with Crippen LogP contribution in [0.1, 0.15) is 12.7 Å². The average Bonchev–Trinajstić information content (AvgIpc) is 3.37. The van der Waals surface area contributed by atoms with Crippen molar-refractivity contribution in [1.82, 2.24) is 25.3 Å². The molecule has 2 aliphatic heterocycles. The Bertz CT molecular complexity index is 1060. The van der Waals surface area contributed by atoms with E-state index in [0.29, 0.717) is 5.76 Å². The largest absolute Gasteiger partial charge is 0.463 e. The Morgan fingerprint density at radius 1 is 1.47 bits per heavy atom. The van der Waals surface area contributed by atoms with E-state index in [2.05, 4.69) is 21.1 Å². The van der Waals surface area contributed by atoms with E-state index >= 15 is 0 Å². The number of nitrogens with one attached hydrogen (secondary N) is 3. The minimum atomic E-state index is -4.80. The summed E-state index contributed by atoms with van der Waals surface area (Å²) in [4.78, 5) is 49.1. The van der Waals surface area contributed by atoms with Crippen molar-refractivity contribution in [2.45, 2.75) is 24.7 Å². The highest BCUT2D eigenvalue weighted by Gasteiger charge is 2.59. The normalized spacial score (nSPS) is 24.3. The lowest BCUT2D eigenvalue weighted by Gasteiger charge is -2.45. The standard InChI is InChI=1S/C16H20N6O9S/c1-9(12(23)20-16(30-2)8-21(14(16)25)32(27,28)29)19-13(24)11-7-17-15(26)22(11)18-6-10-4-3-5-31-10/h3-6,9,11H,7-8H2,1-2H3,(H,17,26)(H,19,24)(H,20,23)(H,27,28,29)/t9?,11?,16-/m0/s1. The van der Waals surface area contributed by atoms with Gasteiger partial charge in [0, 0.05) is 7.11 Å². The molecule has 32 heavy (non-hydrogen) atoms. The van der Waals surface area contributed by atoms with E-state index in [4.69, 9.17) is 13.7 Å². The molecule has 0 aromatic carbocycles. The molecule has 15 nitrogen and oxygen atoms in total. The summed E-state index contributed by atoms with van der Waals surface area (Å²) >= 11 is 0. The fourth-order valence-electron chi connectivity index (χ4n) is 2.93. The molecular formula is C16H20N6O9S. The van der Waals surface area contributed by atoms with Gasteiger partial charge in [0.1, 0.15) is 11.8 Å². The minimum absolute atomic E-state index is 0.0711. The number of nitrogens with zero attached hydrogens (tertiary/aromatic N) is 3. The summed E-state index contributed by atoms with van der Waals surface area (Å²) in [7, 11) is -3.73. The van der Waals surface area contributed by atoms with Crippen LogP contribution in [0, 0.1) is 0 Å². The van der Waals surface area contributed by atoms with E-state index in [1.54, 1.807) is 12.1 Å². The van der Waals surface area contributed by atoms with Gasteiger partial charge in [0.05, 0.1) is 25.6 Å². The van der Waals surface area contributed by atoms with Crippen LogP contribution < -0.4 is 16.0 Å². The third-order valence-corrected chi connectivity index (χ3v) is 5.60. The molecule has 174 valence electrons. The number of carbonyl (C=O) groups excluding carboxylic acids is 4. The molecule has 0 aliphatic carbocycles. The van der Waals surface area contributed by atoms with E-state index < -0.39 is 58.4 Å². The zero-order chi connectivity index (χ0) is 23.7.